The van der Waals surface area contributed by atoms with Crippen molar-refractivity contribution < 1.29 is 14.6 Å². The van der Waals surface area contributed by atoms with Gasteiger partial charge in [0.2, 0.25) is 5.88 Å². The molecule has 0 aliphatic heterocycles. The van der Waals surface area contributed by atoms with E-state index in [1.165, 1.54) is 0 Å². The van der Waals surface area contributed by atoms with Crippen LogP contribution in [0.4, 0.5) is 5.69 Å². The maximum Gasteiger partial charge on any atom is 0.296 e. The van der Waals surface area contributed by atoms with E-state index in [1.54, 1.807) is 25.3 Å². The lowest BCUT2D eigenvalue weighted by molar-refractivity contribution is 0.0996. The summed E-state index contributed by atoms with van der Waals surface area (Å²) in [5, 5.41) is 20.5. The molecule has 2 aromatic carbocycles. The van der Waals surface area contributed by atoms with Gasteiger partial charge < -0.3 is 14.4 Å². The Morgan fingerprint density at radius 2 is 1.94 bits per heavy atom. The first-order valence-corrected chi connectivity index (χ1v) is 10.7. The number of aromatic hydroxyl groups is 1. The first kappa shape index (κ1) is 21.5. The number of amides is 1. The Balaban J connectivity index is 1.79. The molecule has 0 bridgehead atoms. The average Bonchev–Trinajstić information content (AvgIpc) is 3.04. The van der Waals surface area contributed by atoms with Crippen LogP contribution in [-0.4, -0.2) is 27.7 Å². The largest absolute Gasteiger partial charge is 0.497 e. The summed E-state index contributed by atoms with van der Waals surface area (Å²) in [5.41, 5.74) is 3.99. The third kappa shape index (κ3) is 3.93. The number of carbonyl (C=O) groups is 1. The van der Waals surface area contributed by atoms with E-state index < -0.39 is 5.91 Å². The highest BCUT2D eigenvalue weighted by molar-refractivity contribution is 6.07. The fraction of sp³-hybridized carbons (Fsp3) is 0.280. The molecule has 1 amide bonds. The van der Waals surface area contributed by atoms with Gasteiger partial charge in [0.25, 0.3) is 5.91 Å². The van der Waals surface area contributed by atoms with Crippen molar-refractivity contribution in [1.82, 2.24) is 9.55 Å². The van der Waals surface area contributed by atoms with E-state index in [-0.39, 0.29) is 5.88 Å². The zero-order valence-corrected chi connectivity index (χ0v) is 18.7. The third-order valence-corrected chi connectivity index (χ3v) is 5.52. The number of aryl methyl sites for hydroxylation is 3. The second-order valence-corrected chi connectivity index (χ2v) is 7.90. The van der Waals surface area contributed by atoms with E-state index in [4.69, 9.17) is 4.74 Å². The molecule has 164 valence electrons. The molecule has 2 aromatic heterocycles. The number of azo groups is 1. The lowest BCUT2D eigenvalue weighted by atomic mass is 10.1. The number of fused-ring (bicyclic) bond motifs is 2. The molecule has 4 aromatic rings. The number of hydrogen-bond donors (Lipinski definition) is 1. The van der Waals surface area contributed by atoms with Crippen molar-refractivity contribution in [2.75, 3.05) is 7.11 Å². The molecule has 7 nitrogen and oxygen atoms in total. The van der Waals surface area contributed by atoms with Gasteiger partial charge in [0.05, 0.1) is 23.7 Å². The summed E-state index contributed by atoms with van der Waals surface area (Å²) in [4.78, 5) is 17.5. The van der Waals surface area contributed by atoms with Crippen LogP contribution < -0.4 is 4.74 Å². The molecule has 32 heavy (non-hydrogen) atoms. The zero-order chi connectivity index (χ0) is 22.8. The van der Waals surface area contributed by atoms with E-state index in [0.29, 0.717) is 40.1 Å². The highest BCUT2D eigenvalue weighted by atomic mass is 16.5. The molecule has 4 rings (SSSR count). The van der Waals surface area contributed by atoms with Crippen molar-refractivity contribution in [2.24, 2.45) is 10.2 Å². The smallest absolute Gasteiger partial charge is 0.296 e. The predicted molar refractivity (Wildman–Crippen MR) is 125 cm³/mol. The summed E-state index contributed by atoms with van der Waals surface area (Å²) in [6.07, 6.45) is 1.92. The second-order valence-electron chi connectivity index (χ2n) is 7.90. The van der Waals surface area contributed by atoms with Crippen LogP contribution in [0.3, 0.4) is 0 Å². The van der Waals surface area contributed by atoms with Crippen LogP contribution in [0.1, 0.15) is 41.4 Å². The summed E-state index contributed by atoms with van der Waals surface area (Å²) >= 11 is 0. The molecule has 2 heterocycles. The van der Waals surface area contributed by atoms with Crippen LogP contribution in [0.25, 0.3) is 21.8 Å². The van der Waals surface area contributed by atoms with Crippen molar-refractivity contribution >= 4 is 33.4 Å². The van der Waals surface area contributed by atoms with Gasteiger partial charge >= 0.3 is 0 Å². The Bertz CT molecular complexity index is 1350. The second kappa shape index (κ2) is 8.78. The molecule has 0 atom stereocenters. The van der Waals surface area contributed by atoms with Gasteiger partial charge in [0.15, 0.2) is 5.69 Å². The Morgan fingerprint density at radius 1 is 1.12 bits per heavy atom. The number of aromatic nitrogens is 2. The maximum absolute atomic E-state index is 13.1. The summed E-state index contributed by atoms with van der Waals surface area (Å²) in [5.74, 6) is 0.143. The molecule has 0 fully saturated rings. The minimum Gasteiger partial charge on any atom is -0.497 e. The van der Waals surface area contributed by atoms with Crippen LogP contribution in [0, 0.1) is 13.8 Å². The minimum atomic E-state index is -0.504. The van der Waals surface area contributed by atoms with Crippen LogP contribution in [0.15, 0.2) is 52.7 Å². The van der Waals surface area contributed by atoms with E-state index in [9.17, 15) is 9.90 Å². The van der Waals surface area contributed by atoms with Crippen molar-refractivity contribution in [1.29, 1.82) is 0 Å². The van der Waals surface area contributed by atoms with Crippen molar-refractivity contribution in [2.45, 2.75) is 40.2 Å². The predicted octanol–water partition coefficient (Wildman–Crippen LogP) is 6.24. The normalized spacial score (nSPS) is 11.6. The molecule has 1 N–H and O–H groups in total. The number of methoxy groups -OCH3 is 1. The number of benzene rings is 2. The van der Waals surface area contributed by atoms with Gasteiger partial charge in [-0.05, 0) is 56.7 Å². The number of nitrogens with zero attached hydrogens (tertiary/aromatic N) is 4. The lowest BCUT2D eigenvalue weighted by Gasteiger charge is -2.06. The van der Waals surface area contributed by atoms with Crippen molar-refractivity contribution in [3.05, 3.63) is 59.3 Å². The van der Waals surface area contributed by atoms with Gasteiger partial charge in [0, 0.05) is 23.0 Å². The SMILES string of the molecule is CCCCn1c(O)c(N=NC(=O)c2cc(C)nc3ccc(OC)cc23)c2cc(C)ccc21. The Labute approximate surface area is 186 Å². The third-order valence-electron chi connectivity index (χ3n) is 5.52. The van der Waals surface area contributed by atoms with E-state index >= 15 is 0 Å². The monoisotopic (exact) mass is 430 g/mol. The number of hydrogen-bond acceptors (Lipinski definition) is 5. The molecular weight excluding hydrogens is 404 g/mol. The molecule has 0 saturated carbocycles. The van der Waals surface area contributed by atoms with Crippen LogP contribution in [0.2, 0.25) is 0 Å². The molecule has 0 spiro atoms. The van der Waals surface area contributed by atoms with Gasteiger partial charge in [0.1, 0.15) is 5.75 Å². The first-order valence-electron chi connectivity index (χ1n) is 10.7. The van der Waals surface area contributed by atoms with E-state index in [1.807, 2.05) is 42.7 Å². The number of pyridine rings is 1. The van der Waals surface area contributed by atoms with Crippen LogP contribution in [0.5, 0.6) is 11.6 Å². The van der Waals surface area contributed by atoms with Crippen molar-refractivity contribution in [3.8, 4) is 11.6 Å². The van der Waals surface area contributed by atoms with Crippen molar-refractivity contribution in [3.63, 3.8) is 0 Å². The van der Waals surface area contributed by atoms with Gasteiger partial charge in [-0.2, -0.15) is 0 Å². The Morgan fingerprint density at radius 3 is 2.69 bits per heavy atom. The molecule has 0 aliphatic rings. The highest BCUT2D eigenvalue weighted by Gasteiger charge is 2.18. The minimum absolute atomic E-state index is 0.0213. The van der Waals surface area contributed by atoms with Gasteiger partial charge in [-0.25, -0.2) is 0 Å². The lowest BCUT2D eigenvalue weighted by Crippen LogP contribution is -1.99. The topological polar surface area (TPSA) is 89.1 Å². The Kier molecular flexibility index (Phi) is 5.90. The number of unbranched alkanes of at least 4 members (excludes halogenated alkanes) is 1. The van der Waals surface area contributed by atoms with Crippen LogP contribution >= 0.6 is 0 Å². The summed E-state index contributed by atoms with van der Waals surface area (Å²) in [6, 6.07) is 13.0. The molecule has 0 saturated heterocycles. The van der Waals surface area contributed by atoms with Gasteiger partial charge in [-0.1, -0.05) is 25.0 Å². The molecule has 0 unspecified atom stereocenters. The molecule has 0 aliphatic carbocycles. The number of rotatable bonds is 6. The Hall–Kier alpha value is -3.74. The van der Waals surface area contributed by atoms with E-state index in [0.717, 1.165) is 29.3 Å². The zero-order valence-electron chi connectivity index (χ0n) is 18.7. The number of carbonyl (C=O) groups excluding carboxylic acids is 1. The maximum atomic E-state index is 13.1. The molecule has 7 heteroatoms. The van der Waals surface area contributed by atoms with Gasteiger partial charge in [-0.15, -0.1) is 10.2 Å². The summed E-state index contributed by atoms with van der Waals surface area (Å²) in [6.45, 7) is 6.57. The number of ether oxygens (including phenoxy) is 1. The average molecular weight is 431 g/mol. The fourth-order valence-corrected chi connectivity index (χ4v) is 3.87. The quantitative estimate of drug-likeness (QED) is 0.366. The summed E-state index contributed by atoms with van der Waals surface area (Å²) < 4.78 is 7.12. The van der Waals surface area contributed by atoms with Gasteiger partial charge in [-0.3, -0.25) is 9.78 Å². The first-order chi connectivity index (χ1) is 15.4. The molecule has 0 radical (unpaired) electrons. The van der Waals surface area contributed by atoms with E-state index in [2.05, 4.69) is 22.1 Å². The fourth-order valence-electron chi connectivity index (χ4n) is 3.87. The molecular formula is C25H26N4O3. The highest BCUT2D eigenvalue weighted by Crippen LogP contribution is 2.39. The standard InChI is InChI=1S/C25H26N4O3/c1-5-6-11-29-22-10-7-15(2)12-20(22)23(25(29)31)27-28-24(30)19-13-16(3)26-21-9-8-17(32-4)14-18(19)21/h7-10,12-14,31H,5-6,11H2,1-4H3. The summed E-state index contributed by atoms with van der Waals surface area (Å²) in [7, 11) is 1.57. The van der Waals surface area contributed by atoms with Crippen LogP contribution in [-0.2, 0) is 6.54 Å².